The van der Waals surface area contributed by atoms with Gasteiger partial charge in [0.15, 0.2) is 11.6 Å². The summed E-state index contributed by atoms with van der Waals surface area (Å²) in [5.74, 6) is 0.189. The Bertz CT molecular complexity index is 529. The second-order valence-corrected chi connectivity index (χ2v) is 3.67. The van der Waals surface area contributed by atoms with Crippen LogP contribution < -0.4 is 10.5 Å². The minimum absolute atomic E-state index is 0.147. The van der Waals surface area contributed by atoms with Crippen LogP contribution in [0.3, 0.4) is 0 Å². The first kappa shape index (κ1) is 15.0. The van der Waals surface area contributed by atoms with Gasteiger partial charge in [-0.1, -0.05) is 20.8 Å². The minimum Gasteiger partial charge on any atom is -0.453 e. The van der Waals surface area contributed by atoms with Gasteiger partial charge in [0.1, 0.15) is 5.75 Å². The zero-order valence-electron chi connectivity index (χ0n) is 11.5. The van der Waals surface area contributed by atoms with Gasteiger partial charge in [-0.15, -0.1) is 0 Å². The third kappa shape index (κ3) is 4.25. The fraction of sp³-hybridized carbons (Fsp3) is 0.267. The summed E-state index contributed by atoms with van der Waals surface area (Å²) in [6.45, 7) is 6.02. The monoisotopic (exact) mass is 262 g/mol. The van der Waals surface area contributed by atoms with E-state index in [2.05, 4.69) is 4.98 Å². The SMILES string of the molecule is CC.CCc1cncc(Oc2ccc(N)cc2F)c1. The van der Waals surface area contributed by atoms with Gasteiger partial charge in [0.25, 0.3) is 0 Å². The fourth-order valence-corrected chi connectivity index (χ4v) is 1.44. The van der Waals surface area contributed by atoms with Gasteiger partial charge in [-0.2, -0.15) is 0 Å². The molecule has 1 heterocycles. The van der Waals surface area contributed by atoms with Crippen LogP contribution in [-0.2, 0) is 6.42 Å². The molecule has 0 aliphatic carbocycles. The topological polar surface area (TPSA) is 48.1 Å². The van der Waals surface area contributed by atoms with E-state index in [9.17, 15) is 4.39 Å². The van der Waals surface area contributed by atoms with E-state index in [4.69, 9.17) is 10.5 Å². The predicted octanol–water partition coefficient (Wildman–Crippen LogP) is 4.18. The Morgan fingerprint density at radius 2 is 1.95 bits per heavy atom. The van der Waals surface area contributed by atoms with Crippen LogP contribution in [0.5, 0.6) is 11.5 Å². The van der Waals surface area contributed by atoms with E-state index >= 15 is 0 Å². The maximum atomic E-state index is 13.5. The van der Waals surface area contributed by atoms with Crippen molar-refractivity contribution in [3.05, 3.63) is 48.0 Å². The highest BCUT2D eigenvalue weighted by atomic mass is 19.1. The molecule has 0 amide bonds. The van der Waals surface area contributed by atoms with Gasteiger partial charge in [-0.25, -0.2) is 4.39 Å². The maximum Gasteiger partial charge on any atom is 0.167 e. The van der Waals surface area contributed by atoms with Crippen molar-refractivity contribution < 1.29 is 9.13 Å². The number of benzene rings is 1. The van der Waals surface area contributed by atoms with Gasteiger partial charge in [-0.3, -0.25) is 4.98 Å². The van der Waals surface area contributed by atoms with Gasteiger partial charge in [0, 0.05) is 18.0 Å². The van der Waals surface area contributed by atoms with Gasteiger partial charge < -0.3 is 10.5 Å². The number of rotatable bonds is 3. The van der Waals surface area contributed by atoms with Crippen LogP contribution >= 0.6 is 0 Å². The molecule has 0 atom stereocenters. The lowest BCUT2D eigenvalue weighted by Crippen LogP contribution is -1.92. The summed E-state index contributed by atoms with van der Waals surface area (Å²) < 4.78 is 18.9. The molecule has 2 N–H and O–H groups in total. The van der Waals surface area contributed by atoms with Crippen molar-refractivity contribution in [1.82, 2.24) is 4.98 Å². The molecule has 2 aromatic rings. The quantitative estimate of drug-likeness (QED) is 0.844. The molecule has 1 aromatic carbocycles. The Morgan fingerprint density at radius 1 is 1.21 bits per heavy atom. The summed E-state index contributed by atoms with van der Waals surface area (Å²) in [5, 5.41) is 0. The van der Waals surface area contributed by atoms with Gasteiger partial charge in [0.05, 0.1) is 6.20 Å². The highest BCUT2D eigenvalue weighted by Crippen LogP contribution is 2.25. The number of hydrogen-bond donors (Lipinski definition) is 1. The number of nitrogens with two attached hydrogens (primary N) is 1. The summed E-state index contributed by atoms with van der Waals surface area (Å²) in [6.07, 6.45) is 4.16. The molecule has 0 unspecified atom stereocenters. The lowest BCUT2D eigenvalue weighted by Gasteiger charge is -2.07. The van der Waals surface area contributed by atoms with Crippen molar-refractivity contribution in [3.8, 4) is 11.5 Å². The summed E-state index contributed by atoms with van der Waals surface area (Å²) in [4.78, 5) is 4.03. The molecule has 0 fully saturated rings. The van der Waals surface area contributed by atoms with Crippen molar-refractivity contribution in [1.29, 1.82) is 0 Å². The number of halogens is 1. The van der Waals surface area contributed by atoms with E-state index in [-0.39, 0.29) is 5.75 Å². The number of aromatic nitrogens is 1. The van der Waals surface area contributed by atoms with Crippen LogP contribution in [0.15, 0.2) is 36.7 Å². The Kier molecular flexibility index (Phi) is 5.79. The number of hydrogen-bond acceptors (Lipinski definition) is 3. The number of aryl methyl sites for hydroxylation is 1. The fourth-order valence-electron chi connectivity index (χ4n) is 1.44. The first-order chi connectivity index (χ1) is 9.19. The molecule has 4 heteroatoms. The molecule has 102 valence electrons. The van der Waals surface area contributed by atoms with Crippen LogP contribution in [0, 0.1) is 5.82 Å². The number of anilines is 1. The van der Waals surface area contributed by atoms with Crippen LogP contribution in [0.2, 0.25) is 0 Å². The molecule has 0 bridgehead atoms. The Balaban J connectivity index is 0.000000861. The third-order valence-corrected chi connectivity index (χ3v) is 2.36. The van der Waals surface area contributed by atoms with Crippen molar-refractivity contribution in [2.45, 2.75) is 27.2 Å². The average Bonchev–Trinajstić information content (AvgIpc) is 2.44. The lowest BCUT2D eigenvalue weighted by molar-refractivity contribution is 0.440. The van der Waals surface area contributed by atoms with E-state index in [1.54, 1.807) is 18.5 Å². The Hall–Kier alpha value is -2.10. The standard InChI is InChI=1S/C13H13FN2O.C2H6/c1-2-9-5-11(8-16-7-9)17-13-4-3-10(15)6-12(13)14;1-2/h3-8H,2,15H2,1H3;1-2H3. The highest BCUT2D eigenvalue weighted by molar-refractivity contribution is 5.44. The van der Waals surface area contributed by atoms with Crippen LogP contribution in [-0.4, -0.2) is 4.98 Å². The zero-order chi connectivity index (χ0) is 14.3. The van der Waals surface area contributed by atoms with E-state index in [0.717, 1.165) is 12.0 Å². The second kappa shape index (κ2) is 7.36. The molecule has 1 aromatic heterocycles. The molecular weight excluding hydrogens is 243 g/mol. The summed E-state index contributed by atoms with van der Waals surface area (Å²) in [6, 6.07) is 6.16. The molecule has 0 spiro atoms. The lowest BCUT2D eigenvalue weighted by atomic mass is 10.2. The molecule has 2 rings (SSSR count). The molecular formula is C15H19FN2O. The van der Waals surface area contributed by atoms with E-state index in [0.29, 0.717) is 11.4 Å². The van der Waals surface area contributed by atoms with Gasteiger partial charge >= 0.3 is 0 Å². The van der Waals surface area contributed by atoms with Crippen molar-refractivity contribution in [2.75, 3.05) is 5.73 Å². The number of nitrogens with zero attached hydrogens (tertiary/aromatic N) is 1. The van der Waals surface area contributed by atoms with E-state index in [1.165, 1.54) is 12.1 Å². The van der Waals surface area contributed by atoms with E-state index < -0.39 is 5.82 Å². The second-order valence-electron chi connectivity index (χ2n) is 3.67. The van der Waals surface area contributed by atoms with Crippen LogP contribution in [0.4, 0.5) is 10.1 Å². The Morgan fingerprint density at radius 3 is 2.58 bits per heavy atom. The van der Waals surface area contributed by atoms with Gasteiger partial charge in [0.2, 0.25) is 0 Å². The van der Waals surface area contributed by atoms with E-state index in [1.807, 2.05) is 26.8 Å². The average molecular weight is 262 g/mol. The van der Waals surface area contributed by atoms with Crippen molar-refractivity contribution in [2.24, 2.45) is 0 Å². The molecule has 0 aliphatic heterocycles. The number of pyridine rings is 1. The minimum atomic E-state index is -0.480. The Labute approximate surface area is 113 Å². The summed E-state index contributed by atoms with van der Waals surface area (Å²) in [7, 11) is 0. The largest absolute Gasteiger partial charge is 0.453 e. The molecule has 19 heavy (non-hydrogen) atoms. The van der Waals surface area contributed by atoms with Crippen molar-refractivity contribution in [3.63, 3.8) is 0 Å². The summed E-state index contributed by atoms with van der Waals surface area (Å²) >= 11 is 0. The van der Waals surface area contributed by atoms with Crippen molar-refractivity contribution >= 4 is 5.69 Å². The first-order valence-corrected chi connectivity index (χ1v) is 6.36. The molecule has 3 nitrogen and oxygen atoms in total. The number of nitrogen functional groups attached to an aromatic ring is 1. The smallest absolute Gasteiger partial charge is 0.167 e. The molecule has 0 saturated carbocycles. The summed E-state index contributed by atoms with van der Waals surface area (Å²) in [5.41, 5.74) is 6.87. The number of ether oxygens (including phenoxy) is 1. The molecule has 0 aliphatic rings. The normalized spacial score (nSPS) is 9.47. The van der Waals surface area contributed by atoms with Gasteiger partial charge in [-0.05, 0) is 30.2 Å². The third-order valence-electron chi connectivity index (χ3n) is 2.36. The molecule has 0 saturated heterocycles. The molecule has 0 radical (unpaired) electrons. The van der Waals surface area contributed by atoms with Crippen LogP contribution in [0.1, 0.15) is 26.3 Å². The van der Waals surface area contributed by atoms with Crippen LogP contribution in [0.25, 0.3) is 0 Å². The maximum absolute atomic E-state index is 13.5. The first-order valence-electron chi connectivity index (χ1n) is 6.36. The zero-order valence-corrected chi connectivity index (χ0v) is 11.5. The predicted molar refractivity (Wildman–Crippen MR) is 75.8 cm³/mol. The highest BCUT2D eigenvalue weighted by Gasteiger charge is 2.05.